The minimum absolute atomic E-state index is 0.359. The Labute approximate surface area is 77.9 Å². The topological polar surface area (TPSA) is 17.1 Å². The molecule has 0 aliphatic carbocycles. The zero-order valence-electron chi connectivity index (χ0n) is 7.75. The highest BCUT2D eigenvalue weighted by Gasteiger charge is 2.43. The number of hydrogen-bond acceptors (Lipinski definition) is 2. The van der Waals surface area contributed by atoms with Crippen molar-refractivity contribution in [3.63, 3.8) is 0 Å². The number of likely N-dealkylation sites (tertiary alicyclic amines) is 1. The first kappa shape index (κ1) is 8.57. The van der Waals surface area contributed by atoms with Crippen LogP contribution in [0.25, 0.3) is 0 Å². The Kier molecular flexibility index (Phi) is 1.96. The van der Waals surface area contributed by atoms with E-state index in [2.05, 4.69) is 14.1 Å². The number of carbonyl (C=O) groups is 1. The van der Waals surface area contributed by atoms with Crippen LogP contribution in [0.5, 0.6) is 0 Å². The van der Waals surface area contributed by atoms with Crippen LogP contribution in [0.3, 0.4) is 0 Å². The quantitative estimate of drug-likeness (QED) is 0.516. The van der Waals surface area contributed by atoms with E-state index in [9.17, 15) is 4.79 Å². The number of carbonyl (C=O) groups excluding carboxylic acids is 1. The molecule has 68 valence electrons. The van der Waals surface area contributed by atoms with Gasteiger partial charge in [-0.2, -0.15) is 11.8 Å². The highest BCUT2D eigenvalue weighted by Crippen LogP contribution is 2.31. The van der Waals surface area contributed by atoms with E-state index in [0.29, 0.717) is 17.6 Å². The predicted molar refractivity (Wildman–Crippen MR) is 51.2 cm³/mol. The molecule has 2 nitrogen and oxygen atoms in total. The summed E-state index contributed by atoms with van der Waals surface area (Å²) in [7, 11) is 4.48. The second-order valence-electron chi connectivity index (χ2n) is 4.63. The van der Waals surface area contributed by atoms with Gasteiger partial charge in [-0.05, 0) is 0 Å². The summed E-state index contributed by atoms with van der Waals surface area (Å²) in [5.74, 6) is 3.40. The van der Waals surface area contributed by atoms with Crippen molar-refractivity contribution in [2.45, 2.75) is 0 Å². The summed E-state index contributed by atoms with van der Waals surface area (Å²) < 4.78 is 1.04. The molecule has 0 amide bonds. The number of hydrogen-bond donors (Lipinski definition) is 0. The molecule has 2 bridgehead atoms. The minimum Gasteiger partial charge on any atom is -0.327 e. The summed E-state index contributed by atoms with van der Waals surface area (Å²) in [6.45, 7) is 2.12. The molecule has 0 aromatic rings. The van der Waals surface area contributed by atoms with Gasteiger partial charge in [0.05, 0.1) is 39.0 Å². The molecule has 3 heteroatoms. The third-order valence-corrected chi connectivity index (χ3v) is 4.15. The van der Waals surface area contributed by atoms with Gasteiger partial charge in [0.15, 0.2) is 5.78 Å². The Hall–Kier alpha value is -0.0200. The molecule has 0 N–H and O–H groups in total. The summed E-state index contributed by atoms with van der Waals surface area (Å²) in [6, 6.07) is 0. The average molecular weight is 186 g/mol. The third kappa shape index (κ3) is 1.40. The second kappa shape index (κ2) is 2.74. The number of fused-ring (bicyclic) bond motifs is 2. The molecule has 2 rings (SSSR count). The van der Waals surface area contributed by atoms with E-state index in [1.165, 1.54) is 0 Å². The van der Waals surface area contributed by atoms with Crippen LogP contribution in [0.1, 0.15) is 0 Å². The first-order valence-corrected chi connectivity index (χ1v) is 5.67. The van der Waals surface area contributed by atoms with Crippen LogP contribution in [0.15, 0.2) is 0 Å². The Morgan fingerprint density at radius 2 is 1.75 bits per heavy atom. The van der Waals surface area contributed by atoms with Crippen molar-refractivity contribution in [1.82, 2.24) is 0 Å². The molecule has 12 heavy (non-hydrogen) atoms. The Morgan fingerprint density at radius 1 is 1.25 bits per heavy atom. The number of quaternary nitrogens is 1. The SMILES string of the molecule is C[N+]1(C)CC2CSCC(C1)C2=O. The lowest BCUT2D eigenvalue weighted by Gasteiger charge is -2.43. The van der Waals surface area contributed by atoms with Crippen LogP contribution >= 0.6 is 11.8 Å². The molecular formula is C9H16NOS+. The summed E-state index contributed by atoms with van der Waals surface area (Å²) in [6.07, 6.45) is 0. The predicted octanol–water partition coefficient (Wildman–Crippen LogP) is 0.625. The van der Waals surface area contributed by atoms with E-state index in [1.807, 2.05) is 11.8 Å². The van der Waals surface area contributed by atoms with Crippen molar-refractivity contribution in [3.05, 3.63) is 0 Å². The number of ketones is 1. The maximum Gasteiger partial charge on any atom is 0.151 e. The molecule has 2 aliphatic rings. The van der Waals surface area contributed by atoms with Crippen LogP contribution < -0.4 is 0 Å². The molecule has 0 spiro atoms. The van der Waals surface area contributed by atoms with E-state index in [4.69, 9.17) is 0 Å². The van der Waals surface area contributed by atoms with Crippen LogP contribution in [0, 0.1) is 11.8 Å². The van der Waals surface area contributed by atoms with Crippen LogP contribution in [0.2, 0.25) is 0 Å². The van der Waals surface area contributed by atoms with E-state index >= 15 is 0 Å². The molecule has 2 atom stereocenters. The molecule has 0 radical (unpaired) electrons. The Bertz CT molecular complexity index is 197. The maximum atomic E-state index is 11.7. The van der Waals surface area contributed by atoms with Crippen molar-refractivity contribution >= 4 is 17.5 Å². The van der Waals surface area contributed by atoms with Gasteiger partial charge in [0.1, 0.15) is 0 Å². The average Bonchev–Trinajstić information content (AvgIpc) is 1.92. The zero-order chi connectivity index (χ0) is 8.77. The number of nitrogens with zero attached hydrogens (tertiary/aromatic N) is 1. The van der Waals surface area contributed by atoms with Gasteiger partial charge in [-0.25, -0.2) is 0 Å². The molecule has 0 aromatic carbocycles. The minimum atomic E-state index is 0.359. The van der Waals surface area contributed by atoms with Gasteiger partial charge < -0.3 is 4.48 Å². The van der Waals surface area contributed by atoms with Gasteiger partial charge in [-0.15, -0.1) is 0 Å². The highest BCUT2D eigenvalue weighted by atomic mass is 32.2. The molecule has 0 aromatic heterocycles. The van der Waals surface area contributed by atoms with Crippen LogP contribution in [-0.4, -0.2) is 49.0 Å². The standard InChI is InChI=1S/C9H16NOS/c1-10(2)3-7-5-12-6-8(4-10)9(7)11/h7-8H,3-6H2,1-2H3/q+1. The molecule has 0 saturated carbocycles. The van der Waals surface area contributed by atoms with Gasteiger partial charge in [0.2, 0.25) is 0 Å². The summed E-state index contributed by atoms with van der Waals surface area (Å²) >= 11 is 1.96. The Morgan fingerprint density at radius 3 is 2.25 bits per heavy atom. The monoisotopic (exact) mass is 186 g/mol. The van der Waals surface area contributed by atoms with E-state index in [1.54, 1.807) is 0 Å². The molecule has 2 unspecified atom stereocenters. The molecule has 2 saturated heterocycles. The molecule has 2 heterocycles. The van der Waals surface area contributed by atoms with Crippen molar-refractivity contribution < 1.29 is 9.28 Å². The number of thioether (sulfide) groups is 1. The normalized spacial score (nSPS) is 39.7. The second-order valence-corrected chi connectivity index (χ2v) is 5.71. The van der Waals surface area contributed by atoms with Crippen molar-refractivity contribution in [3.8, 4) is 0 Å². The third-order valence-electron chi connectivity index (χ3n) is 2.87. The number of piperidine rings is 1. The first-order chi connectivity index (χ1) is 5.58. The molecule has 2 aliphatic heterocycles. The van der Waals surface area contributed by atoms with Crippen LogP contribution in [-0.2, 0) is 4.79 Å². The van der Waals surface area contributed by atoms with Gasteiger partial charge >= 0.3 is 0 Å². The van der Waals surface area contributed by atoms with Crippen molar-refractivity contribution in [2.75, 3.05) is 38.7 Å². The van der Waals surface area contributed by atoms with Gasteiger partial charge in [-0.1, -0.05) is 0 Å². The number of rotatable bonds is 0. The largest absolute Gasteiger partial charge is 0.327 e. The van der Waals surface area contributed by atoms with E-state index < -0.39 is 0 Å². The summed E-state index contributed by atoms with van der Waals surface area (Å²) in [5.41, 5.74) is 0. The molecule has 2 fully saturated rings. The van der Waals surface area contributed by atoms with Crippen molar-refractivity contribution in [2.24, 2.45) is 11.8 Å². The maximum absolute atomic E-state index is 11.7. The lowest BCUT2D eigenvalue weighted by atomic mass is 9.88. The highest BCUT2D eigenvalue weighted by molar-refractivity contribution is 7.99. The van der Waals surface area contributed by atoms with Gasteiger partial charge in [-0.3, -0.25) is 4.79 Å². The smallest absolute Gasteiger partial charge is 0.151 e. The lowest BCUT2D eigenvalue weighted by molar-refractivity contribution is -0.897. The summed E-state index contributed by atoms with van der Waals surface area (Å²) in [5, 5.41) is 0. The van der Waals surface area contributed by atoms with Crippen molar-refractivity contribution in [1.29, 1.82) is 0 Å². The summed E-state index contributed by atoms with van der Waals surface area (Å²) in [4.78, 5) is 11.7. The zero-order valence-corrected chi connectivity index (χ0v) is 8.56. The fourth-order valence-electron chi connectivity index (χ4n) is 2.40. The fraction of sp³-hybridized carbons (Fsp3) is 0.889. The van der Waals surface area contributed by atoms with Gasteiger partial charge in [0.25, 0.3) is 0 Å². The number of Topliss-reactive ketones (excluding diaryl/α,β-unsaturated/α-hetero) is 1. The first-order valence-electron chi connectivity index (χ1n) is 4.52. The molecular weight excluding hydrogens is 170 g/mol. The van der Waals surface area contributed by atoms with Gasteiger partial charge in [0, 0.05) is 11.5 Å². The van der Waals surface area contributed by atoms with E-state index in [-0.39, 0.29) is 0 Å². The fourth-order valence-corrected chi connectivity index (χ4v) is 3.65. The van der Waals surface area contributed by atoms with E-state index in [0.717, 1.165) is 29.1 Å². The Balaban J connectivity index is 2.18. The van der Waals surface area contributed by atoms with Crippen LogP contribution in [0.4, 0.5) is 0 Å². The lowest BCUT2D eigenvalue weighted by Crippen LogP contribution is -2.58.